The van der Waals surface area contributed by atoms with E-state index in [1.54, 1.807) is 6.26 Å². The first-order valence-electron chi connectivity index (χ1n) is 8.37. The van der Waals surface area contributed by atoms with Crippen molar-refractivity contribution in [2.75, 3.05) is 6.54 Å². The molecule has 5 nitrogen and oxygen atoms in total. The Kier molecular flexibility index (Phi) is 3.86. The van der Waals surface area contributed by atoms with E-state index in [4.69, 9.17) is 10.2 Å². The molecular weight excluding hydrogens is 314 g/mol. The number of nitrogens with two attached hydrogens (primary N) is 1. The molecule has 0 unspecified atom stereocenters. The molecule has 2 aromatic heterocycles. The number of fused-ring (bicyclic) bond motifs is 2. The second-order valence-electron chi connectivity index (χ2n) is 6.29. The van der Waals surface area contributed by atoms with E-state index in [0.717, 1.165) is 40.5 Å². The van der Waals surface area contributed by atoms with Gasteiger partial charge < -0.3 is 15.1 Å². The van der Waals surface area contributed by atoms with Crippen LogP contribution in [0.5, 0.6) is 0 Å². The molecule has 25 heavy (non-hydrogen) atoms. The summed E-state index contributed by atoms with van der Waals surface area (Å²) < 4.78 is 5.67. The largest absolute Gasteiger partial charge is 0.468 e. The van der Waals surface area contributed by atoms with Crippen molar-refractivity contribution in [3.8, 4) is 11.4 Å². The Labute approximate surface area is 144 Å². The van der Waals surface area contributed by atoms with E-state index in [1.165, 1.54) is 0 Å². The van der Waals surface area contributed by atoms with Gasteiger partial charge in [0.05, 0.1) is 17.2 Å². The van der Waals surface area contributed by atoms with E-state index in [0.29, 0.717) is 23.3 Å². The summed E-state index contributed by atoms with van der Waals surface area (Å²) in [7, 11) is 0. The van der Waals surface area contributed by atoms with Crippen molar-refractivity contribution in [3.63, 3.8) is 0 Å². The summed E-state index contributed by atoms with van der Waals surface area (Å²) >= 11 is 0. The minimum absolute atomic E-state index is 0.126. The Hall–Kier alpha value is -2.92. The number of nitrogens with zero attached hydrogens (tertiary/aromatic N) is 1. The van der Waals surface area contributed by atoms with Crippen LogP contribution in [0.1, 0.15) is 17.7 Å². The second kappa shape index (κ2) is 6.18. The SMILES string of the molecule is Cc1ccc2nc(-c3ccc4coc(CCCN)c4c3)[nH]c(=O)c2c1. The number of aromatic amines is 1. The highest BCUT2D eigenvalue weighted by atomic mass is 16.3. The number of rotatable bonds is 4. The van der Waals surface area contributed by atoms with Crippen molar-refractivity contribution in [2.45, 2.75) is 19.8 Å². The highest BCUT2D eigenvalue weighted by molar-refractivity contribution is 5.88. The molecule has 0 saturated carbocycles. The van der Waals surface area contributed by atoms with E-state index in [9.17, 15) is 4.79 Å². The maximum atomic E-state index is 12.4. The van der Waals surface area contributed by atoms with Crippen LogP contribution in [0.25, 0.3) is 33.1 Å². The van der Waals surface area contributed by atoms with E-state index in [-0.39, 0.29) is 5.56 Å². The van der Waals surface area contributed by atoms with Gasteiger partial charge >= 0.3 is 0 Å². The van der Waals surface area contributed by atoms with E-state index in [1.807, 2.05) is 43.3 Å². The lowest BCUT2D eigenvalue weighted by molar-refractivity contribution is 0.509. The molecular formula is C20H19N3O2. The zero-order valence-corrected chi connectivity index (χ0v) is 14.0. The summed E-state index contributed by atoms with van der Waals surface area (Å²) in [5, 5.41) is 2.68. The highest BCUT2D eigenvalue weighted by Crippen LogP contribution is 2.27. The Morgan fingerprint density at radius 2 is 2.04 bits per heavy atom. The molecule has 0 aliphatic rings. The fourth-order valence-electron chi connectivity index (χ4n) is 3.09. The van der Waals surface area contributed by atoms with Crippen LogP contribution >= 0.6 is 0 Å². The smallest absolute Gasteiger partial charge is 0.259 e. The molecule has 0 amide bonds. The second-order valence-corrected chi connectivity index (χ2v) is 6.29. The fraction of sp³-hybridized carbons (Fsp3) is 0.200. The van der Waals surface area contributed by atoms with Gasteiger partial charge in [-0.3, -0.25) is 4.79 Å². The summed E-state index contributed by atoms with van der Waals surface area (Å²) in [5.74, 6) is 1.48. The molecule has 2 aromatic carbocycles. The summed E-state index contributed by atoms with van der Waals surface area (Å²) in [6.45, 7) is 2.59. The number of hydrogen-bond donors (Lipinski definition) is 2. The Balaban J connectivity index is 1.85. The average Bonchev–Trinajstić information content (AvgIpc) is 3.02. The molecule has 3 N–H and O–H groups in total. The van der Waals surface area contributed by atoms with Gasteiger partial charge in [-0.2, -0.15) is 0 Å². The molecule has 5 heteroatoms. The number of aryl methyl sites for hydroxylation is 2. The third-order valence-corrected chi connectivity index (χ3v) is 4.42. The summed E-state index contributed by atoms with van der Waals surface area (Å²) in [6.07, 6.45) is 3.42. The van der Waals surface area contributed by atoms with Crippen LogP contribution in [0.2, 0.25) is 0 Å². The van der Waals surface area contributed by atoms with Crippen LogP contribution in [-0.2, 0) is 6.42 Å². The number of nitrogens with one attached hydrogen (secondary N) is 1. The molecule has 0 radical (unpaired) electrons. The molecule has 4 aromatic rings. The molecule has 0 aliphatic heterocycles. The first-order chi connectivity index (χ1) is 12.2. The number of aromatic nitrogens is 2. The summed E-state index contributed by atoms with van der Waals surface area (Å²) in [4.78, 5) is 19.9. The predicted octanol–water partition coefficient (Wildman–Crippen LogP) is 3.54. The van der Waals surface area contributed by atoms with Crippen molar-refractivity contribution < 1.29 is 4.42 Å². The van der Waals surface area contributed by atoms with Gasteiger partial charge in [-0.1, -0.05) is 23.8 Å². The lowest BCUT2D eigenvalue weighted by Crippen LogP contribution is -2.09. The van der Waals surface area contributed by atoms with Gasteiger partial charge in [-0.05, 0) is 38.1 Å². The quantitative estimate of drug-likeness (QED) is 0.598. The minimum atomic E-state index is -0.126. The molecule has 0 atom stereocenters. The first kappa shape index (κ1) is 15.6. The normalized spacial score (nSPS) is 11.4. The summed E-state index contributed by atoms with van der Waals surface area (Å²) in [5.41, 5.74) is 8.07. The zero-order valence-electron chi connectivity index (χ0n) is 14.0. The first-order valence-corrected chi connectivity index (χ1v) is 8.37. The Bertz CT molecular complexity index is 1120. The number of furan rings is 1. The zero-order chi connectivity index (χ0) is 17.4. The van der Waals surface area contributed by atoms with Gasteiger partial charge in [0.1, 0.15) is 11.6 Å². The van der Waals surface area contributed by atoms with Crippen molar-refractivity contribution in [2.24, 2.45) is 5.73 Å². The minimum Gasteiger partial charge on any atom is -0.468 e. The average molecular weight is 333 g/mol. The molecule has 4 rings (SSSR count). The van der Waals surface area contributed by atoms with Crippen LogP contribution < -0.4 is 11.3 Å². The lowest BCUT2D eigenvalue weighted by Gasteiger charge is -2.05. The molecule has 0 saturated heterocycles. The van der Waals surface area contributed by atoms with E-state index < -0.39 is 0 Å². The van der Waals surface area contributed by atoms with Gasteiger partial charge in [0, 0.05) is 22.8 Å². The number of hydrogen-bond acceptors (Lipinski definition) is 4. The highest BCUT2D eigenvalue weighted by Gasteiger charge is 2.10. The Morgan fingerprint density at radius 3 is 2.88 bits per heavy atom. The molecule has 126 valence electrons. The van der Waals surface area contributed by atoms with Crippen LogP contribution in [-0.4, -0.2) is 16.5 Å². The van der Waals surface area contributed by atoms with Gasteiger partial charge in [-0.15, -0.1) is 0 Å². The molecule has 0 bridgehead atoms. The van der Waals surface area contributed by atoms with Crippen LogP contribution in [0.3, 0.4) is 0 Å². The topological polar surface area (TPSA) is 84.9 Å². The number of H-pyrrole nitrogens is 1. The Morgan fingerprint density at radius 1 is 1.16 bits per heavy atom. The maximum absolute atomic E-state index is 12.4. The third kappa shape index (κ3) is 2.83. The van der Waals surface area contributed by atoms with E-state index >= 15 is 0 Å². The van der Waals surface area contributed by atoms with Crippen molar-refractivity contribution in [1.82, 2.24) is 9.97 Å². The fourth-order valence-corrected chi connectivity index (χ4v) is 3.09. The van der Waals surface area contributed by atoms with Gasteiger partial charge in [0.15, 0.2) is 0 Å². The summed E-state index contributed by atoms with van der Waals surface area (Å²) in [6, 6.07) is 11.6. The predicted molar refractivity (Wildman–Crippen MR) is 99.7 cm³/mol. The van der Waals surface area contributed by atoms with E-state index in [2.05, 4.69) is 9.97 Å². The van der Waals surface area contributed by atoms with Gasteiger partial charge in [-0.25, -0.2) is 4.98 Å². The third-order valence-electron chi connectivity index (χ3n) is 4.42. The molecule has 0 fully saturated rings. The molecule has 0 aliphatic carbocycles. The maximum Gasteiger partial charge on any atom is 0.259 e. The van der Waals surface area contributed by atoms with Crippen molar-refractivity contribution >= 4 is 21.7 Å². The number of benzene rings is 2. The van der Waals surface area contributed by atoms with Crippen LogP contribution in [0.15, 0.2) is 51.9 Å². The van der Waals surface area contributed by atoms with Crippen LogP contribution in [0.4, 0.5) is 0 Å². The standard InChI is InChI=1S/C20H19N3O2/c1-12-4-7-17-16(9-12)20(24)23-19(22-17)13-5-6-14-11-25-18(3-2-8-21)15(14)10-13/h4-7,9-11H,2-3,8,21H2,1H3,(H,22,23,24). The lowest BCUT2D eigenvalue weighted by atomic mass is 10.1. The van der Waals surface area contributed by atoms with Gasteiger partial charge in [0.2, 0.25) is 0 Å². The van der Waals surface area contributed by atoms with Crippen molar-refractivity contribution in [1.29, 1.82) is 0 Å². The van der Waals surface area contributed by atoms with Crippen LogP contribution in [0, 0.1) is 6.92 Å². The van der Waals surface area contributed by atoms with Crippen molar-refractivity contribution in [3.05, 3.63) is 64.3 Å². The molecule has 2 heterocycles. The molecule has 0 spiro atoms. The van der Waals surface area contributed by atoms with Gasteiger partial charge in [0.25, 0.3) is 5.56 Å². The monoisotopic (exact) mass is 333 g/mol.